The molecule has 0 unspecified atom stereocenters. The lowest BCUT2D eigenvalue weighted by Crippen LogP contribution is -2.67. The molecular formula is C23H33N3O3. The molecular weight excluding hydrogens is 366 g/mol. The van der Waals surface area contributed by atoms with Crippen molar-refractivity contribution in [3.8, 4) is 5.75 Å². The van der Waals surface area contributed by atoms with E-state index in [1.807, 2.05) is 35.2 Å². The Labute approximate surface area is 173 Å². The molecule has 1 aromatic rings. The van der Waals surface area contributed by atoms with Crippen LogP contribution in [0.25, 0.3) is 0 Å². The Balaban J connectivity index is 1.43. The predicted molar refractivity (Wildman–Crippen MR) is 112 cm³/mol. The second kappa shape index (κ2) is 8.74. The highest BCUT2D eigenvalue weighted by Gasteiger charge is 2.53. The lowest BCUT2D eigenvalue weighted by molar-refractivity contribution is -0.155. The van der Waals surface area contributed by atoms with E-state index >= 15 is 0 Å². The average molecular weight is 400 g/mol. The molecule has 158 valence electrons. The number of piperidine rings is 2. The number of likely N-dealkylation sites (N-methyl/N-ethyl adjacent to an activating group) is 1. The zero-order valence-electron chi connectivity index (χ0n) is 17.4. The first-order valence-corrected chi connectivity index (χ1v) is 11.1. The number of benzene rings is 1. The highest BCUT2D eigenvalue weighted by molar-refractivity contribution is 5.86. The van der Waals surface area contributed by atoms with Crippen molar-refractivity contribution in [2.75, 3.05) is 33.3 Å². The molecule has 6 nitrogen and oxygen atoms in total. The van der Waals surface area contributed by atoms with E-state index in [1.54, 1.807) is 0 Å². The normalized spacial score (nSPS) is 27.6. The van der Waals surface area contributed by atoms with E-state index in [1.165, 1.54) is 6.42 Å². The summed E-state index contributed by atoms with van der Waals surface area (Å²) in [5.41, 5.74) is -0.434. The Morgan fingerprint density at radius 2 is 1.93 bits per heavy atom. The van der Waals surface area contributed by atoms with Gasteiger partial charge in [0.25, 0.3) is 0 Å². The minimum Gasteiger partial charge on any atom is -0.493 e. The Morgan fingerprint density at radius 3 is 2.66 bits per heavy atom. The third-order valence-corrected chi connectivity index (χ3v) is 7.00. The minimum absolute atomic E-state index is 0.0423. The molecule has 0 aromatic heterocycles. The van der Waals surface area contributed by atoms with Crippen LogP contribution in [0.3, 0.4) is 0 Å². The lowest BCUT2D eigenvalue weighted by Gasteiger charge is -2.54. The van der Waals surface area contributed by atoms with E-state index < -0.39 is 5.41 Å². The molecule has 0 bridgehead atoms. The topological polar surface area (TPSA) is 61.9 Å². The molecule has 1 aromatic carbocycles. The van der Waals surface area contributed by atoms with E-state index in [4.69, 9.17) is 4.74 Å². The van der Waals surface area contributed by atoms with Crippen molar-refractivity contribution in [2.24, 2.45) is 5.41 Å². The molecule has 1 aliphatic carbocycles. The molecule has 2 heterocycles. The van der Waals surface area contributed by atoms with Crippen LogP contribution in [0.1, 0.15) is 44.9 Å². The van der Waals surface area contributed by atoms with Crippen molar-refractivity contribution in [1.82, 2.24) is 15.1 Å². The van der Waals surface area contributed by atoms with E-state index in [-0.39, 0.29) is 17.9 Å². The van der Waals surface area contributed by atoms with Crippen molar-refractivity contribution in [1.29, 1.82) is 0 Å². The van der Waals surface area contributed by atoms with Gasteiger partial charge in [0.2, 0.25) is 11.8 Å². The van der Waals surface area contributed by atoms with Gasteiger partial charge in [-0.1, -0.05) is 18.2 Å². The smallest absolute Gasteiger partial charge is 0.228 e. The number of likely N-dealkylation sites (tertiary alicyclic amines) is 2. The number of nitrogens with zero attached hydrogens (tertiary/aromatic N) is 2. The molecule has 2 saturated heterocycles. The number of para-hydroxylation sites is 1. The molecule has 6 heteroatoms. The first-order chi connectivity index (χ1) is 14.1. The van der Waals surface area contributed by atoms with Crippen molar-refractivity contribution in [2.45, 2.75) is 57.0 Å². The first-order valence-electron chi connectivity index (χ1n) is 11.1. The monoisotopic (exact) mass is 399 g/mol. The molecule has 3 fully saturated rings. The first kappa shape index (κ1) is 20.2. The Hall–Kier alpha value is -2.08. The van der Waals surface area contributed by atoms with Crippen LogP contribution in [0, 0.1) is 5.41 Å². The van der Waals surface area contributed by atoms with Crippen molar-refractivity contribution in [3.63, 3.8) is 0 Å². The van der Waals surface area contributed by atoms with Crippen molar-refractivity contribution >= 4 is 11.8 Å². The summed E-state index contributed by atoms with van der Waals surface area (Å²) < 4.78 is 5.73. The van der Waals surface area contributed by atoms with Crippen molar-refractivity contribution in [3.05, 3.63) is 30.3 Å². The summed E-state index contributed by atoms with van der Waals surface area (Å²) in [6, 6.07) is 9.89. The molecule has 3 aliphatic rings. The average Bonchev–Trinajstić information content (AvgIpc) is 2.70. The third kappa shape index (κ3) is 4.27. The van der Waals surface area contributed by atoms with Crippen LogP contribution < -0.4 is 10.1 Å². The van der Waals surface area contributed by atoms with Gasteiger partial charge < -0.3 is 19.9 Å². The van der Waals surface area contributed by atoms with Gasteiger partial charge >= 0.3 is 0 Å². The maximum Gasteiger partial charge on any atom is 0.228 e. The zero-order chi connectivity index (χ0) is 20.3. The number of carbonyl (C=O) groups excluding carboxylic acids is 2. The van der Waals surface area contributed by atoms with Crippen LogP contribution in [0.4, 0.5) is 0 Å². The van der Waals surface area contributed by atoms with Crippen LogP contribution in [0.2, 0.25) is 0 Å². The molecule has 1 saturated carbocycles. The number of hydrogen-bond donors (Lipinski definition) is 1. The van der Waals surface area contributed by atoms with Gasteiger partial charge in [-0.05, 0) is 64.3 Å². The number of rotatable bonds is 6. The molecule has 0 radical (unpaired) electrons. The van der Waals surface area contributed by atoms with E-state index in [9.17, 15) is 9.59 Å². The highest BCUT2D eigenvalue weighted by atomic mass is 16.5. The van der Waals surface area contributed by atoms with E-state index in [0.717, 1.165) is 57.5 Å². The standard InChI is InChI=1S/C23H33N3O3/c1-25-15-13-23(22(28)24-18-7-5-8-18)12-6-14-26(20(23)17-25)21(27)11-16-29-19-9-3-2-4-10-19/h2-4,9-10,18,20H,5-8,11-17H2,1H3,(H,24,28)/t20-,23+/m0/s1. The number of fused-ring (bicyclic) bond motifs is 1. The number of ether oxygens (including phenoxy) is 1. The van der Waals surface area contributed by atoms with Gasteiger partial charge in [0.05, 0.1) is 24.5 Å². The Bertz CT molecular complexity index is 721. The number of nitrogens with one attached hydrogen (secondary N) is 1. The Kier molecular flexibility index (Phi) is 6.09. The molecule has 1 N–H and O–H groups in total. The second-order valence-electron chi connectivity index (χ2n) is 8.89. The fourth-order valence-corrected chi connectivity index (χ4v) is 5.00. The molecule has 29 heavy (non-hydrogen) atoms. The summed E-state index contributed by atoms with van der Waals surface area (Å²) in [5.74, 6) is 1.06. The molecule has 2 aliphatic heterocycles. The summed E-state index contributed by atoms with van der Waals surface area (Å²) >= 11 is 0. The number of carbonyl (C=O) groups is 2. The van der Waals surface area contributed by atoms with Gasteiger partial charge in [-0.25, -0.2) is 0 Å². The summed E-state index contributed by atoms with van der Waals surface area (Å²) in [6.07, 6.45) is 6.33. The van der Waals surface area contributed by atoms with Gasteiger partial charge in [0.15, 0.2) is 0 Å². The zero-order valence-corrected chi connectivity index (χ0v) is 17.4. The summed E-state index contributed by atoms with van der Waals surface area (Å²) in [4.78, 5) is 30.7. The summed E-state index contributed by atoms with van der Waals surface area (Å²) in [7, 11) is 2.09. The van der Waals surface area contributed by atoms with Crippen LogP contribution >= 0.6 is 0 Å². The van der Waals surface area contributed by atoms with Gasteiger partial charge in [0, 0.05) is 19.1 Å². The van der Waals surface area contributed by atoms with Gasteiger partial charge in [-0.2, -0.15) is 0 Å². The fraction of sp³-hybridized carbons (Fsp3) is 0.652. The van der Waals surface area contributed by atoms with Gasteiger partial charge in [0.1, 0.15) is 5.75 Å². The Morgan fingerprint density at radius 1 is 1.14 bits per heavy atom. The lowest BCUT2D eigenvalue weighted by atomic mass is 9.67. The van der Waals surface area contributed by atoms with Crippen LogP contribution in [-0.4, -0.2) is 67.0 Å². The van der Waals surface area contributed by atoms with Crippen LogP contribution in [-0.2, 0) is 9.59 Å². The predicted octanol–water partition coefficient (Wildman–Crippen LogP) is 2.44. The molecule has 2 atom stereocenters. The van der Waals surface area contributed by atoms with Crippen molar-refractivity contribution < 1.29 is 14.3 Å². The maximum atomic E-state index is 13.3. The summed E-state index contributed by atoms with van der Waals surface area (Å²) in [6.45, 7) is 2.78. The maximum absolute atomic E-state index is 13.3. The van der Waals surface area contributed by atoms with Crippen LogP contribution in [0.5, 0.6) is 5.75 Å². The highest BCUT2D eigenvalue weighted by Crippen LogP contribution is 2.43. The number of amides is 2. The SMILES string of the molecule is CN1CC[C@]2(C(=O)NC3CCC3)CCCN(C(=O)CCOc3ccccc3)[C@H]2C1. The van der Waals surface area contributed by atoms with E-state index in [0.29, 0.717) is 19.1 Å². The fourth-order valence-electron chi connectivity index (χ4n) is 5.00. The third-order valence-electron chi connectivity index (χ3n) is 7.00. The van der Waals surface area contributed by atoms with E-state index in [2.05, 4.69) is 17.3 Å². The number of hydrogen-bond acceptors (Lipinski definition) is 4. The molecule has 0 spiro atoms. The largest absolute Gasteiger partial charge is 0.493 e. The van der Waals surface area contributed by atoms with Crippen LogP contribution in [0.15, 0.2) is 30.3 Å². The van der Waals surface area contributed by atoms with Gasteiger partial charge in [-0.3, -0.25) is 9.59 Å². The molecule has 4 rings (SSSR count). The quantitative estimate of drug-likeness (QED) is 0.798. The summed E-state index contributed by atoms with van der Waals surface area (Å²) in [5, 5.41) is 3.29. The second-order valence-corrected chi connectivity index (χ2v) is 8.89. The molecule has 2 amide bonds. The minimum atomic E-state index is -0.434. The van der Waals surface area contributed by atoms with Gasteiger partial charge in [-0.15, -0.1) is 0 Å².